The van der Waals surface area contributed by atoms with E-state index in [0.717, 1.165) is 35.7 Å². The first-order valence-electron chi connectivity index (χ1n) is 10.3. The van der Waals surface area contributed by atoms with Crippen LogP contribution in [-0.4, -0.2) is 35.4 Å². The van der Waals surface area contributed by atoms with E-state index in [4.69, 9.17) is 16.3 Å². The number of nitrogens with zero attached hydrogens (tertiary/aromatic N) is 1. The summed E-state index contributed by atoms with van der Waals surface area (Å²) in [6, 6.07) is 12.4. The second kappa shape index (κ2) is 11.3. The minimum atomic E-state index is -0.617. The highest BCUT2D eigenvalue weighted by Gasteiger charge is 2.28. The Morgan fingerprint density at radius 2 is 1.84 bits per heavy atom. The maximum Gasteiger partial charge on any atom is 0.261 e. The quantitative estimate of drug-likeness (QED) is 0.440. The Morgan fingerprint density at radius 1 is 1.16 bits per heavy atom. The SMILES string of the molecule is CC(C(=O)NC1CCCC1)N(Cc1ccc(Br)cc1)C(=O)COc1ccc(Cl)cc1Br. The predicted octanol–water partition coefficient (Wildman–Crippen LogP) is 5.72. The summed E-state index contributed by atoms with van der Waals surface area (Å²) >= 11 is 12.8. The average Bonchev–Trinajstić information content (AvgIpc) is 3.25. The van der Waals surface area contributed by atoms with Gasteiger partial charge in [0.1, 0.15) is 11.8 Å². The summed E-state index contributed by atoms with van der Waals surface area (Å²) in [5.74, 6) is 0.119. The van der Waals surface area contributed by atoms with Crippen molar-refractivity contribution in [1.29, 1.82) is 0 Å². The van der Waals surface area contributed by atoms with Crippen LogP contribution in [0.4, 0.5) is 0 Å². The fourth-order valence-electron chi connectivity index (χ4n) is 3.58. The fourth-order valence-corrected chi connectivity index (χ4v) is 4.64. The van der Waals surface area contributed by atoms with Crippen LogP contribution in [0.3, 0.4) is 0 Å². The normalized spacial score (nSPS) is 14.8. The molecule has 1 fully saturated rings. The molecule has 8 heteroatoms. The van der Waals surface area contributed by atoms with Crippen molar-refractivity contribution in [2.75, 3.05) is 6.61 Å². The van der Waals surface area contributed by atoms with Crippen molar-refractivity contribution in [2.24, 2.45) is 0 Å². The Balaban J connectivity index is 1.72. The number of hydrogen-bond acceptors (Lipinski definition) is 3. The minimum absolute atomic E-state index is 0.134. The summed E-state index contributed by atoms with van der Waals surface area (Å²) in [4.78, 5) is 27.6. The summed E-state index contributed by atoms with van der Waals surface area (Å²) in [5, 5.41) is 3.66. The van der Waals surface area contributed by atoms with Gasteiger partial charge in [-0.2, -0.15) is 0 Å². The lowest BCUT2D eigenvalue weighted by molar-refractivity contribution is -0.142. The molecule has 0 spiro atoms. The Kier molecular flexibility index (Phi) is 8.81. The van der Waals surface area contributed by atoms with Crippen LogP contribution in [-0.2, 0) is 16.1 Å². The molecule has 2 amide bonds. The highest BCUT2D eigenvalue weighted by atomic mass is 79.9. The molecule has 1 aliphatic carbocycles. The van der Waals surface area contributed by atoms with Gasteiger partial charge in [0, 0.05) is 22.1 Å². The van der Waals surface area contributed by atoms with E-state index < -0.39 is 6.04 Å². The first-order chi connectivity index (χ1) is 14.8. The molecule has 1 N–H and O–H groups in total. The highest BCUT2D eigenvalue weighted by molar-refractivity contribution is 9.10. The zero-order chi connectivity index (χ0) is 22.4. The number of hydrogen-bond donors (Lipinski definition) is 1. The van der Waals surface area contributed by atoms with Crippen molar-refractivity contribution >= 4 is 55.3 Å². The van der Waals surface area contributed by atoms with Crippen LogP contribution in [0.2, 0.25) is 5.02 Å². The van der Waals surface area contributed by atoms with Gasteiger partial charge in [-0.3, -0.25) is 9.59 Å². The molecule has 0 aliphatic heterocycles. The van der Waals surface area contributed by atoms with Crippen molar-refractivity contribution in [3.8, 4) is 5.75 Å². The molecule has 1 aliphatic rings. The maximum absolute atomic E-state index is 13.1. The fraction of sp³-hybridized carbons (Fsp3) is 0.391. The van der Waals surface area contributed by atoms with Gasteiger partial charge in [0.05, 0.1) is 4.47 Å². The molecular weight excluding hydrogens is 548 g/mol. The van der Waals surface area contributed by atoms with E-state index in [2.05, 4.69) is 37.2 Å². The van der Waals surface area contributed by atoms with Crippen LogP contribution in [0.25, 0.3) is 0 Å². The van der Waals surface area contributed by atoms with Gasteiger partial charge in [-0.1, -0.05) is 52.5 Å². The summed E-state index contributed by atoms with van der Waals surface area (Å²) in [5.41, 5.74) is 0.935. The lowest BCUT2D eigenvalue weighted by Crippen LogP contribution is -2.50. The zero-order valence-corrected chi connectivity index (χ0v) is 21.2. The molecule has 1 unspecified atom stereocenters. The van der Waals surface area contributed by atoms with Crippen molar-refractivity contribution in [3.05, 3.63) is 62.0 Å². The topological polar surface area (TPSA) is 58.6 Å². The van der Waals surface area contributed by atoms with Crippen molar-refractivity contribution in [1.82, 2.24) is 10.2 Å². The summed E-state index contributed by atoms with van der Waals surface area (Å²) in [6.07, 6.45) is 4.25. The van der Waals surface area contributed by atoms with Crippen molar-refractivity contribution < 1.29 is 14.3 Å². The second-order valence-corrected chi connectivity index (χ2v) is 9.88. The van der Waals surface area contributed by atoms with Crippen LogP contribution >= 0.6 is 43.5 Å². The number of nitrogens with one attached hydrogen (secondary N) is 1. The van der Waals surface area contributed by atoms with Gasteiger partial charge >= 0.3 is 0 Å². The van der Waals surface area contributed by atoms with Crippen molar-refractivity contribution in [2.45, 2.75) is 51.2 Å². The van der Waals surface area contributed by atoms with Crippen molar-refractivity contribution in [3.63, 3.8) is 0 Å². The van der Waals surface area contributed by atoms with E-state index >= 15 is 0 Å². The molecule has 0 aromatic heterocycles. The zero-order valence-electron chi connectivity index (χ0n) is 17.2. The molecule has 0 heterocycles. The first-order valence-corrected chi connectivity index (χ1v) is 12.2. The number of rotatable bonds is 8. The summed E-state index contributed by atoms with van der Waals surface area (Å²) in [6.45, 7) is 1.90. The van der Waals surface area contributed by atoms with Gasteiger partial charge in [0.2, 0.25) is 5.91 Å². The van der Waals surface area contributed by atoms with Crippen LogP contribution in [0, 0.1) is 0 Å². The molecule has 31 heavy (non-hydrogen) atoms. The predicted molar refractivity (Wildman–Crippen MR) is 129 cm³/mol. The largest absolute Gasteiger partial charge is 0.483 e. The van der Waals surface area contributed by atoms with Gasteiger partial charge in [0.25, 0.3) is 5.91 Å². The second-order valence-electron chi connectivity index (χ2n) is 7.68. The molecule has 5 nitrogen and oxygen atoms in total. The Bertz CT molecular complexity index is 918. The summed E-state index contributed by atoms with van der Waals surface area (Å²) in [7, 11) is 0. The third-order valence-corrected chi connectivity index (χ3v) is 6.76. The number of ether oxygens (including phenoxy) is 1. The molecule has 166 valence electrons. The number of halogens is 3. The Hall–Kier alpha value is -1.57. The van der Waals surface area contributed by atoms with E-state index in [-0.39, 0.29) is 24.5 Å². The standard InChI is InChI=1S/C23H25Br2ClN2O3/c1-15(23(30)27-19-4-2-3-5-19)28(13-16-6-8-17(24)9-7-16)22(29)14-31-21-11-10-18(26)12-20(21)25/h6-12,15,19H,2-5,13-14H2,1H3,(H,27,30). The maximum atomic E-state index is 13.1. The first kappa shape index (κ1) is 24.1. The van der Waals surface area contributed by atoms with Crippen LogP contribution in [0.5, 0.6) is 5.75 Å². The number of benzene rings is 2. The van der Waals surface area contributed by atoms with Gasteiger partial charge in [-0.25, -0.2) is 0 Å². The van der Waals surface area contributed by atoms with Gasteiger partial charge in [-0.15, -0.1) is 0 Å². The number of amides is 2. The van der Waals surface area contributed by atoms with Gasteiger partial charge in [0.15, 0.2) is 6.61 Å². The van der Waals surface area contributed by atoms with E-state index in [1.165, 1.54) is 0 Å². The van der Waals surface area contributed by atoms with Crippen LogP contribution in [0.1, 0.15) is 38.2 Å². The number of carbonyl (C=O) groups excluding carboxylic acids is 2. The third kappa shape index (κ3) is 6.96. The average molecular weight is 573 g/mol. The van der Waals surface area contributed by atoms with Crippen LogP contribution < -0.4 is 10.1 Å². The third-order valence-electron chi connectivity index (χ3n) is 5.38. The summed E-state index contributed by atoms with van der Waals surface area (Å²) < 4.78 is 7.34. The van der Waals surface area contributed by atoms with Gasteiger partial charge < -0.3 is 15.0 Å². The molecule has 1 atom stereocenters. The number of carbonyl (C=O) groups is 2. The minimum Gasteiger partial charge on any atom is -0.483 e. The lowest BCUT2D eigenvalue weighted by Gasteiger charge is -2.29. The van der Waals surface area contributed by atoms with E-state index in [1.54, 1.807) is 30.0 Å². The molecule has 3 rings (SSSR count). The monoisotopic (exact) mass is 570 g/mol. The van der Waals surface area contributed by atoms with Crippen LogP contribution in [0.15, 0.2) is 51.4 Å². The molecule has 0 radical (unpaired) electrons. The molecule has 0 saturated heterocycles. The Morgan fingerprint density at radius 3 is 2.48 bits per heavy atom. The van der Waals surface area contributed by atoms with E-state index in [0.29, 0.717) is 21.8 Å². The Labute approximate surface area is 204 Å². The lowest BCUT2D eigenvalue weighted by atomic mass is 10.1. The molecule has 0 bridgehead atoms. The van der Waals surface area contributed by atoms with E-state index in [9.17, 15) is 9.59 Å². The van der Waals surface area contributed by atoms with Gasteiger partial charge in [-0.05, 0) is 71.6 Å². The van der Waals surface area contributed by atoms with E-state index in [1.807, 2.05) is 24.3 Å². The highest BCUT2D eigenvalue weighted by Crippen LogP contribution is 2.28. The molecule has 2 aromatic rings. The molecular formula is C23H25Br2ClN2O3. The molecule has 1 saturated carbocycles. The smallest absolute Gasteiger partial charge is 0.261 e. The molecule has 2 aromatic carbocycles.